The third-order valence-electron chi connectivity index (χ3n) is 2.06. The molecular formula is C11H10Br2N4. The highest BCUT2D eigenvalue weighted by Crippen LogP contribution is 2.25. The molecule has 1 aromatic carbocycles. The number of rotatable bonds is 3. The van der Waals surface area contributed by atoms with Crippen molar-refractivity contribution >= 4 is 49.3 Å². The van der Waals surface area contributed by atoms with Gasteiger partial charge in [0.05, 0.1) is 4.47 Å². The minimum absolute atomic E-state index is 0.575. The Bertz CT molecular complexity index is 531. The summed E-state index contributed by atoms with van der Waals surface area (Å²) in [6.45, 7) is 0. The largest absolute Gasteiger partial charge is 0.357 e. The summed E-state index contributed by atoms with van der Waals surface area (Å²) in [6.07, 6.45) is 1.71. The Kier molecular flexibility index (Phi) is 3.96. The average molecular weight is 358 g/mol. The molecule has 0 unspecified atom stereocenters. The van der Waals surface area contributed by atoms with Gasteiger partial charge >= 0.3 is 0 Å². The van der Waals surface area contributed by atoms with Gasteiger partial charge in [0, 0.05) is 23.4 Å². The van der Waals surface area contributed by atoms with E-state index < -0.39 is 0 Å². The van der Waals surface area contributed by atoms with Gasteiger partial charge in [-0.25, -0.2) is 4.98 Å². The third kappa shape index (κ3) is 3.17. The van der Waals surface area contributed by atoms with Crippen LogP contribution >= 0.6 is 31.9 Å². The topological polar surface area (TPSA) is 49.8 Å². The lowest BCUT2D eigenvalue weighted by Gasteiger charge is -2.08. The molecule has 1 aromatic heterocycles. The Morgan fingerprint density at radius 3 is 2.76 bits per heavy atom. The van der Waals surface area contributed by atoms with E-state index in [0.29, 0.717) is 5.95 Å². The van der Waals surface area contributed by atoms with E-state index in [2.05, 4.69) is 52.5 Å². The summed E-state index contributed by atoms with van der Waals surface area (Å²) in [5, 5.41) is 6.12. The van der Waals surface area contributed by atoms with Gasteiger partial charge in [-0.2, -0.15) is 4.98 Å². The summed E-state index contributed by atoms with van der Waals surface area (Å²) in [5.74, 6) is 1.30. The number of hydrogen-bond donors (Lipinski definition) is 2. The van der Waals surface area contributed by atoms with Gasteiger partial charge in [-0.15, -0.1) is 0 Å². The second-order valence-corrected chi connectivity index (χ2v) is 5.05. The minimum atomic E-state index is 0.575. The Morgan fingerprint density at radius 2 is 2.06 bits per heavy atom. The standard InChI is InChI=1S/C11H10Br2N4/c1-14-11-15-6-9(13)10(17-11)16-8-4-2-3-7(12)5-8/h2-6H,1H3,(H2,14,15,16,17). The normalized spacial score (nSPS) is 10.1. The zero-order valence-electron chi connectivity index (χ0n) is 9.04. The van der Waals surface area contributed by atoms with Crippen LogP contribution < -0.4 is 10.6 Å². The van der Waals surface area contributed by atoms with Crippen LogP contribution in [0.5, 0.6) is 0 Å². The van der Waals surface area contributed by atoms with Crippen molar-refractivity contribution in [3.63, 3.8) is 0 Å². The molecule has 0 spiro atoms. The van der Waals surface area contributed by atoms with Gasteiger partial charge in [0.1, 0.15) is 5.82 Å². The van der Waals surface area contributed by atoms with E-state index in [1.807, 2.05) is 24.3 Å². The molecule has 6 heteroatoms. The fourth-order valence-corrected chi connectivity index (χ4v) is 1.97. The van der Waals surface area contributed by atoms with Crippen molar-refractivity contribution < 1.29 is 0 Å². The Balaban J connectivity index is 2.29. The van der Waals surface area contributed by atoms with E-state index in [9.17, 15) is 0 Å². The molecule has 2 rings (SSSR count). The second-order valence-electron chi connectivity index (χ2n) is 3.28. The molecule has 17 heavy (non-hydrogen) atoms. The summed E-state index contributed by atoms with van der Waals surface area (Å²) in [5.41, 5.74) is 0.959. The molecule has 0 fully saturated rings. The van der Waals surface area contributed by atoms with Gasteiger partial charge in [0.2, 0.25) is 5.95 Å². The molecule has 0 aliphatic carbocycles. The number of nitrogens with one attached hydrogen (secondary N) is 2. The third-order valence-corrected chi connectivity index (χ3v) is 3.13. The fourth-order valence-electron chi connectivity index (χ4n) is 1.28. The molecule has 4 nitrogen and oxygen atoms in total. The minimum Gasteiger partial charge on any atom is -0.357 e. The van der Waals surface area contributed by atoms with Crippen molar-refractivity contribution in [1.29, 1.82) is 0 Å². The van der Waals surface area contributed by atoms with Crippen molar-refractivity contribution in [3.8, 4) is 0 Å². The highest BCUT2D eigenvalue weighted by molar-refractivity contribution is 9.10. The number of anilines is 3. The maximum Gasteiger partial charge on any atom is 0.224 e. The van der Waals surface area contributed by atoms with Crippen LogP contribution in [-0.4, -0.2) is 17.0 Å². The molecule has 0 atom stereocenters. The highest BCUT2D eigenvalue weighted by atomic mass is 79.9. The van der Waals surface area contributed by atoms with Crippen LogP contribution in [0.1, 0.15) is 0 Å². The van der Waals surface area contributed by atoms with Crippen LogP contribution in [0.2, 0.25) is 0 Å². The van der Waals surface area contributed by atoms with Gasteiger partial charge in [0.25, 0.3) is 0 Å². The molecule has 0 radical (unpaired) electrons. The second kappa shape index (κ2) is 5.46. The van der Waals surface area contributed by atoms with Crippen LogP contribution in [-0.2, 0) is 0 Å². The average Bonchev–Trinajstić information content (AvgIpc) is 2.32. The lowest BCUT2D eigenvalue weighted by atomic mass is 10.3. The summed E-state index contributed by atoms with van der Waals surface area (Å²) < 4.78 is 1.83. The maximum atomic E-state index is 4.32. The van der Waals surface area contributed by atoms with Crippen LogP contribution in [0.4, 0.5) is 17.5 Å². The van der Waals surface area contributed by atoms with E-state index in [1.54, 1.807) is 13.2 Å². The molecule has 88 valence electrons. The van der Waals surface area contributed by atoms with Crippen LogP contribution in [0.25, 0.3) is 0 Å². The van der Waals surface area contributed by atoms with Crippen molar-refractivity contribution in [1.82, 2.24) is 9.97 Å². The zero-order valence-corrected chi connectivity index (χ0v) is 12.2. The monoisotopic (exact) mass is 356 g/mol. The molecule has 0 aliphatic rings. The first-order valence-corrected chi connectivity index (χ1v) is 6.50. The first-order chi connectivity index (χ1) is 8.19. The smallest absolute Gasteiger partial charge is 0.224 e. The summed E-state index contributed by atoms with van der Waals surface area (Å²) in [7, 11) is 1.78. The highest BCUT2D eigenvalue weighted by Gasteiger charge is 2.04. The maximum absolute atomic E-state index is 4.32. The SMILES string of the molecule is CNc1ncc(Br)c(Nc2cccc(Br)c2)n1. The Labute approximate surface area is 116 Å². The van der Waals surface area contributed by atoms with Gasteiger partial charge in [-0.3, -0.25) is 0 Å². The predicted molar refractivity (Wildman–Crippen MR) is 76.7 cm³/mol. The molecule has 0 bridgehead atoms. The number of halogens is 2. The van der Waals surface area contributed by atoms with Crippen molar-refractivity contribution in [2.24, 2.45) is 0 Å². The number of hydrogen-bond acceptors (Lipinski definition) is 4. The van der Waals surface area contributed by atoms with Gasteiger partial charge in [0.15, 0.2) is 0 Å². The first kappa shape index (κ1) is 12.3. The Hall–Kier alpha value is -1.14. The van der Waals surface area contributed by atoms with Crippen LogP contribution in [0, 0.1) is 0 Å². The molecular weight excluding hydrogens is 348 g/mol. The van der Waals surface area contributed by atoms with E-state index in [4.69, 9.17) is 0 Å². The fraction of sp³-hybridized carbons (Fsp3) is 0.0909. The molecule has 0 saturated carbocycles. The number of aromatic nitrogens is 2. The lowest BCUT2D eigenvalue weighted by Crippen LogP contribution is -2.01. The van der Waals surface area contributed by atoms with Crippen molar-refractivity contribution in [3.05, 3.63) is 39.4 Å². The summed E-state index contributed by atoms with van der Waals surface area (Å²) in [6, 6.07) is 7.88. The molecule has 0 amide bonds. The van der Waals surface area contributed by atoms with Gasteiger partial charge in [-0.05, 0) is 34.1 Å². The number of benzene rings is 1. The van der Waals surface area contributed by atoms with Crippen LogP contribution in [0.15, 0.2) is 39.4 Å². The summed E-state index contributed by atoms with van der Waals surface area (Å²) >= 11 is 6.83. The van der Waals surface area contributed by atoms with Gasteiger partial charge < -0.3 is 10.6 Å². The zero-order chi connectivity index (χ0) is 12.3. The van der Waals surface area contributed by atoms with Crippen LogP contribution in [0.3, 0.4) is 0 Å². The number of nitrogens with zero attached hydrogens (tertiary/aromatic N) is 2. The lowest BCUT2D eigenvalue weighted by molar-refractivity contribution is 1.14. The van der Waals surface area contributed by atoms with E-state index in [-0.39, 0.29) is 0 Å². The molecule has 0 aliphatic heterocycles. The first-order valence-electron chi connectivity index (χ1n) is 4.92. The van der Waals surface area contributed by atoms with E-state index in [0.717, 1.165) is 20.5 Å². The molecule has 0 saturated heterocycles. The van der Waals surface area contributed by atoms with Crippen molar-refractivity contribution in [2.75, 3.05) is 17.7 Å². The summed E-state index contributed by atoms with van der Waals surface area (Å²) in [4.78, 5) is 8.42. The van der Waals surface area contributed by atoms with E-state index >= 15 is 0 Å². The predicted octanol–water partition coefficient (Wildman–Crippen LogP) is 3.79. The molecule has 1 heterocycles. The molecule has 2 aromatic rings. The van der Waals surface area contributed by atoms with Crippen molar-refractivity contribution in [2.45, 2.75) is 0 Å². The molecule has 2 N–H and O–H groups in total. The van der Waals surface area contributed by atoms with E-state index in [1.165, 1.54) is 0 Å². The van der Waals surface area contributed by atoms with Gasteiger partial charge in [-0.1, -0.05) is 22.0 Å². The Morgan fingerprint density at radius 1 is 1.24 bits per heavy atom. The quantitative estimate of drug-likeness (QED) is 0.877.